The lowest BCUT2D eigenvalue weighted by Gasteiger charge is -2.12. The summed E-state index contributed by atoms with van der Waals surface area (Å²) in [5.74, 6) is 0.212. The number of ether oxygens (including phenoxy) is 1. The average Bonchev–Trinajstić information content (AvgIpc) is 2.34. The van der Waals surface area contributed by atoms with E-state index in [0.29, 0.717) is 17.2 Å². The maximum atomic E-state index is 12.1. The lowest BCUT2D eigenvalue weighted by molar-refractivity contribution is -0.274. The van der Waals surface area contributed by atoms with Gasteiger partial charge in [0.05, 0.1) is 16.4 Å². The first-order chi connectivity index (χ1) is 9.33. The Morgan fingerprint density at radius 2 is 1.95 bits per heavy atom. The van der Waals surface area contributed by atoms with E-state index in [-0.39, 0.29) is 10.2 Å². The Bertz CT molecular complexity index is 602. The molecule has 3 N–H and O–H groups in total. The van der Waals surface area contributed by atoms with Crippen LogP contribution in [0.1, 0.15) is 0 Å². The van der Waals surface area contributed by atoms with Crippen LogP contribution in [0.3, 0.4) is 0 Å². The first-order valence-corrected chi connectivity index (χ1v) is 6.17. The minimum atomic E-state index is -4.73. The highest BCUT2D eigenvalue weighted by molar-refractivity contribution is 9.10. The predicted molar refractivity (Wildman–Crippen MR) is 72.8 cm³/mol. The fourth-order valence-corrected chi connectivity index (χ4v) is 1.87. The number of aromatic nitrogens is 1. The van der Waals surface area contributed by atoms with Crippen LogP contribution in [0.25, 0.3) is 0 Å². The number of pyridine rings is 1. The van der Waals surface area contributed by atoms with Gasteiger partial charge in [0.2, 0.25) is 0 Å². The molecule has 0 aliphatic rings. The molecule has 106 valence electrons. The third-order valence-electron chi connectivity index (χ3n) is 2.22. The molecule has 1 aromatic carbocycles. The maximum Gasteiger partial charge on any atom is 0.573 e. The molecule has 0 amide bonds. The van der Waals surface area contributed by atoms with Gasteiger partial charge in [0.25, 0.3) is 0 Å². The topological polar surface area (TPSA) is 60.2 Å². The Hall–Kier alpha value is -1.96. The minimum Gasteiger partial charge on any atom is -0.405 e. The van der Waals surface area contributed by atoms with Gasteiger partial charge < -0.3 is 15.8 Å². The fraction of sp³-hybridized carbons (Fsp3) is 0.0833. The van der Waals surface area contributed by atoms with Crippen LogP contribution < -0.4 is 15.8 Å². The second-order valence-electron chi connectivity index (χ2n) is 3.79. The van der Waals surface area contributed by atoms with Crippen LogP contribution in [0.5, 0.6) is 5.75 Å². The standard InChI is InChI=1S/C12H9BrF3N3O/c13-9-5-8(2-3-10(9)20-12(14,15)16)19-11-4-1-7(17)6-18-11/h1-6H,17H2,(H,18,19). The van der Waals surface area contributed by atoms with Gasteiger partial charge >= 0.3 is 6.36 Å². The van der Waals surface area contributed by atoms with E-state index in [1.165, 1.54) is 24.4 Å². The number of benzene rings is 1. The Morgan fingerprint density at radius 1 is 1.20 bits per heavy atom. The van der Waals surface area contributed by atoms with Crippen molar-refractivity contribution in [3.8, 4) is 5.75 Å². The molecular formula is C12H9BrF3N3O. The zero-order valence-corrected chi connectivity index (χ0v) is 11.5. The molecule has 0 atom stereocenters. The van der Waals surface area contributed by atoms with Crippen LogP contribution in [0.4, 0.5) is 30.4 Å². The van der Waals surface area contributed by atoms with Crippen LogP contribution in [-0.4, -0.2) is 11.3 Å². The summed E-state index contributed by atoms with van der Waals surface area (Å²) in [6.07, 6.45) is -3.26. The predicted octanol–water partition coefficient (Wildman–Crippen LogP) is 4.07. The Morgan fingerprint density at radius 3 is 2.50 bits per heavy atom. The van der Waals surface area contributed by atoms with E-state index in [1.54, 1.807) is 12.1 Å². The largest absolute Gasteiger partial charge is 0.573 e. The lowest BCUT2D eigenvalue weighted by Crippen LogP contribution is -2.17. The molecule has 0 saturated carbocycles. The van der Waals surface area contributed by atoms with Gasteiger partial charge in [0.1, 0.15) is 11.6 Å². The van der Waals surface area contributed by atoms with Crippen LogP contribution in [0.15, 0.2) is 41.0 Å². The van der Waals surface area contributed by atoms with Gasteiger partial charge in [0.15, 0.2) is 0 Å². The van der Waals surface area contributed by atoms with Gasteiger partial charge in [-0.2, -0.15) is 0 Å². The van der Waals surface area contributed by atoms with Gasteiger partial charge in [0, 0.05) is 5.69 Å². The molecule has 8 heteroatoms. The molecule has 0 spiro atoms. The summed E-state index contributed by atoms with van der Waals surface area (Å²) in [5.41, 5.74) is 6.58. The van der Waals surface area contributed by atoms with E-state index in [9.17, 15) is 13.2 Å². The van der Waals surface area contributed by atoms with Crippen LogP contribution in [0.2, 0.25) is 0 Å². The van der Waals surface area contributed by atoms with E-state index < -0.39 is 6.36 Å². The highest BCUT2D eigenvalue weighted by Crippen LogP contribution is 2.33. The van der Waals surface area contributed by atoms with Crippen molar-refractivity contribution in [2.24, 2.45) is 0 Å². The summed E-state index contributed by atoms with van der Waals surface area (Å²) in [4.78, 5) is 4.02. The lowest BCUT2D eigenvalue weighted by atomic mass is 10.3. The van der Waals surface area contributed by atoms with E-state index in [2.05, 4.69) is 31.0 Å². The van der Waals surface area contributed by atoms with Crippen molar-refractivity contribution in [1.29, 1.82) is 0 Å². The average molecular weight is 348 g/mol. The quantitative estimate of drug-likeness (QED) is 0.878. The Kier molecular flexibility index (Phi) is 4.03. The molecule has 0 unspecified atom stereocenters. The Balaban J connectivity index is 2.14. The number of hydrogen-bond donors (Lipinski definition) is 2. The number of rotatable bonds is 3. The second kappa shape index (κ2) is 5.58. The molecule has 4 nitrogen and oxygen atoms in total. The summed E-state index contributed by atoms with van der Waals surface area (Å²) in [5, 5.41) is 2.93. The number of alkyl halides is 3. The second-order valence-corrected chi connectivity index (χ2v) is 4.65. The van der Waals surface area contributed by atoms with Gasteiger partial charge in [-0.15, -0.1) is 13.2 Å². The number of nitrogens with one attached hydrogen (secondary N) is 1. The summed E-state index contributed by atoms with van der Waals surface area (Å²) >= 11 is 3.02. The molecule has 1 aromatic heterocycles. The maximum absolute atomic E-state index is 12.1. The van der Waals surface area contributed by atoms with Crippen molar-refractivity contribution >= 4 is 33.1 Å². The molecule has 0 aliphatic heterocycles. The van der Waals surface area contributed by atoms with Crippen molar-refractivity contribution < 1.29 is 17.9 Å². The van der Waals surface area contributed by atoms with Crippen molar-refractivity contribution in [1.82, 2.24) is 4.98 Å². The molecule has 0 fully saturated rings. The minimum absolute atomic E-state index is 0.176. The highest BCUT2D eigenvalue weighted by Gasteiger charge is 2.31. The number of nitrogen functional groups attached to an aromatic ring is 1. The third kappa shape index (κ3) is 4.02. The van der Waals surface area contributed by atoms with Crippen LogP contribution in [0, 0.1) is 0 Å². The van der Waals surface area contributed by atoms with Gasteiger partial charge in [-0.25, -0.2) is 4.98 Å². The molecule has 0 aliphatic carbocycles. The molecule has 1 heterocycles. The third-order valence-corrected chi connectivity index (χ3v) is 2.84. The fourth-order valence-electron chi connectivity index (χ4n) is 1.41. The van der Waals surface area contributed by atoms with Crippen molar-refractivity contribution in [2.45, 2.75) is 6.36 Å². The summed E-state index contributed by atoms with van der Waals surface area (Å²) in [7, 11) is 0. The molecule has 0 bridgehead atoms. The Labute approximate surface area is 120 Å². The summed E-state index contributed by atoms with van der Waals surface area (Å²) < 4.78 is 40.4. The van der Waals surface area contributed by atoms with E-state index >= 15 is 0 Å². The normalized spacial score (nSPS) is 11.2. The monoisotopic (exact) mass is 347 g/mol. The van der Waals surface area contributed by atoms with E-state index in [4.69, 9.17) is 5.73 Å². The summed E-state index contributed by atoms with van der Waals surface area (Å²) in [6.45, 7) is 0. The van der Waals surface area contributed by atoms with Gasteiger partial charge in [-0.3, -0.25) is 0 Å². The molecule has 20 heavy (non-hydrogen) atoms. The first-order valence-electron chi connectivity index (χ1n) is 5.37. The SMILES string of the molecule is Nc1ccc(Nc2ccc(OC(F)(F)F)c(Br)c2)nc1. The van der Waals surface area contributed by atoms with Crippen molar-refractivity contribution in [3.63, 3.8) is 0 Å². The number of hydrogen-bond acceptors (Lipinski definition) is 4. The first kappa shape index (κ1) is 14.4. The van der Waals surface area contributed by atoms with E-state index in [1.807, 2.05) is 0 Å². The zero-order chi connectivity index (χ0) is 14.8. The van der Waals surface area contributed by atoms with Crippen molar-refractivity contribution in [3.05, 3.63) is 41.0 Å². The smallest absolute Gasteiger partial charge is 0.405 e. The zero-order valence-electron chi connectivity index (χ0n) is 9.91. The molecule has 2 rings (SSSR count). The highest BCUT2D eigenvalue weighted by atomic mass is 79.9. The number of nitrogens with zero attached hydrogens (tertiary/aromatic N) is 1. The molecule has 0 saturated heterocycles. The van der Waals surface area contributed by atoms with Gasteiger partial charge in [-0.1, -0.05) is 0 Å². The molecule has 0 radical (unpaired) electrons. The van der Waals surface area contributed by atoms with Crippen molar-refractivity contribution in [2.75, 3.05) is 11.1 Å². The van der Waals surface area contributed by atoms with Crippen LogP contribution in [-0.2, 0) is 0 Å². The van der Waals surface area contributed by atoms with Gasteiger partial charge in [-0.05, 0) is 46.3 Å². The molecular weight excluding hydrogens is 339 g/mol. The van der Waals surface area contributed by atoms with Crippen LogP contribution >= 0.6 is 15.9 Å². The summed E-state index contributed by atoms with van der Waals surface area (Å²) in [6, 6.07) is 7.43. The number of nitrogens with two attached hydrogens (primary N) is 1. The molecule has 2 aromatic rings. The van der Waals surface area contributed by atoms with E-state index in [0.717, 1.165) is 0 Å². The number of anilines is 3. The number of halogens is 4.